The number of alkyl halides is 2. The number of carbonyl (C=O) groups excluding carboxylic acids is 2. The molecule has 0 spiro atoms. The molecule has 0 aliphatic carbocycles. The van der Waals surface area contributed by atoms with E-state index in [-0.39, 0.29) is 16.3 Å². The van der Waals surface area contributed by atoms with Crippen LogP contribution in [0.2, 0.25) is 0 Å². The Hall–Kier alpha value is -3.61. The van der Waals surface area contributed by atoms with E-state index in [0.29, 0.717) is 5.39 Å². The van der Waals surface area contributed by atoms with Crippen LogP contribution in [0, 0.1) is 0 Å². The van der Waals surface area contributed by atoms with E-state index in [0.717, 1.165) is 5.39 Å². The molecule has 3 aromatic carbocycles. The maximum Gasteiger partial charge on any atom is 0.387 e. The number of aliphatic hydroxyl groups excluding tert-OH is 1. The molecule has 0 aliphatic rings. The Kier molecular flexibility index (Phi) is 8.33. The number of rotatable bonds is 10. The van der Waals surface area contributed by atoms with Gasteiger partial charge in [0.1, 0.15) is 11.8 Å². The lowest BCUT2D eigenvalue weighted by molar-refractivity contribution is -0.151. The van der Waals surface area contributed by atoms with Crippen LogP contribution in [-0.4, -0.2) is 50.8 Å². The zero-order valence-corrected chi connectivity index (χ0v) is 19.2. The predicted octanol–water partition coefficient (Wildman–Crippen LogP) is 2.65. The van der Waals surface area contributed by atoms with Gasteiger partial charge in [-0.3, -0.25) is 9.59 Å². The standard InChI is InChI=1S/C23H22F2N2O7S/c1-14(28)21(27-35(31,32)17-11-10-15-6-2-3-7-16(15)12-17)22(30)33-13-20(29)26-18-8-4-5-9-19(18)34-23(24)25/h2-12,14,21,23,27-28H,13H2,1H3,(H,26,29)/t14-,21-/m0/s1. The van der Waals surface area contributed by atoms with E-state index in [2.05, 4.69) is 14.8 Å². The minimum Gasteiger partial charge on any atom is -0.454 e. The molecule has 0 radical (unpaired) electrons. The Labute approximate surface area is 199 Å². The van der Waals surface area contributed by atoms with Gasteiger partial charge in [0.2, 0.25) is 10.0 Å². The molecule has 0 bridgehead atoms. The highest BCUT2D eigenvalue weighted by atomic mass is 32.2. The molecular formula is C23H22F2N2O7S. The number of ether oxygens (including phenoxy) is 2. The summed E-state index contributed by atoms with van der Waals surface area (Å²) in [6.45, 7) is -2.82. The van der Waals surface area contributed by atoms with Crippen molar-refractivity contribution in [3.05, 3.63) is 66.7 Å². The number of para-hydroxylation sites is 2. The molecule has 35 heavy (non-hydrogen) atoms. The number of aliphatic hydroxyl groups is 1. The van der Waals surface area contributed by atoms with Crippen molar-refractivity contribution in [2.45, 2.75) is 30.6 Å². The van der Waals surface area contributed by atoms with Crippen LogP contribution in [0.15, 0.2) is 71.6 Å². The first-order valence-corrected chi connectivity index (χ1v) is 11.7. The van der Waals surface area contributed by atoms with Gasteiger partial charge < -0.3 is 19.9 Å². The molecule has 186 valence electrons. The smallest absolute Gasteiger partial charge is 0.387 e. The molecule has 1 amide bonds. The largest absolute Gasteiger partial charge is 0.454 e. The van der Waals surface area contributed by atoms with Gasteiger partial charge in [-0.05, 0) is 42.0 Å². The zero-order valence-electron chi connectivity index (χ0n) is 18.4. The van der Waals surface area contributed by atoms with Crippen LogP contribution in [-0.2, 0) is 24.3 Å². The van der Waals surface area contributed by atoms with Crippen molar-refractivity contribution >= 4 is 38.4 Å². The highest BCUT2D eigenvalue weighted by molar-refractivity contribution is 7.89. The van der Waals surface area contributed by atoms with Gasteiger partial charge in [0.15, 0.2) is 6.61 Å². The van der Waals surface area contributed by atoms with Crippen molar-refractivity contribution in [1.82, 2.24) is 4.72 Å². The maximum atomic E-state index is 12.8. The first-order chi connectivity index (χ1) is 16.6. The Bertz CT molecular complexity index is 1320. The van der Waals surface area contributed by atoms with Crippen molar-refractivity contribution in [2.75, 3.05) is 11.9 Å². The van der Waals surface area contributed by atoms with Gasteiger partial charge in [-0.25, -0.2) is 8.42 Å². The summed E-state index contributed by atoms with van der Waals surface area (Å²) in [6.07, 6.45) is -1.50. The number of hydrogen-bond donors (Lipinski definition) is 3. The molecule has 0 unspecified atom stereocenters. The van der Waals surface area contributed by atoms with Crippen molar-refractivity contribution in [2.24, 2.45) is 0 Å². The molecule has 0 aromatic heterocycles. The van der Waals surface area contributed by atoms with Gasteiger partial charge in [0.25, 0.3) is 5.91 Å². The lowest BCUT2D eigenvalue weighted by atomic mass is 10.1. The molecule has 0 saturated carbocycles. The average molecular weight is 508 g/mol. The number of carbonyl (C=O) groups is 2. The number of esters is 1. The van der Waals surface area contributed by atoms with Gasteiger partial charge in [0, 0.05) is 0 Å². The van der Waals surface area contributed by atoms with E-state index in [1.807, 2.05) is 0 Å². The van der Waals surface area contributed by atoms with Crippen LogP contribution >= 0.6 is 0 Å². The number of sulfonamides is 1. The Morgan fingerprint density at radius 3 is 2.34 bits per heavy atom. The molecule has 3 rings (SSSR count). The zero-order chi connectivity index (χ0) is 25.6. The number of anilines is 1. The van der Waals surface area contributed by atoms with Crippen LogP contribution in [0.3, 0.4) is 0 Å². The predicted molar refractivity (Wildman–Crippen MR) is 122 cm³/mol. The quantitative estimate of drug-likeness (QED) is 0.359. The van der Waals surface area contributed by atoms with Gasteiger partial charge >= 0.3 is 12.6 Å². The third-order valence-electron chi connectivity index (χ3n) is 4.77. The highest BCUT2D eigenvalue weighted by Gasteiger charge is 2.31. The second-order valence-corrected chi connectivity index (χ2v) is 9.09. The number of hydrogen-bond acceptors (Lipinski definition) is 7. The highest BCUT2D eigenvalue weighted by Crippen LogP contribution is 2.25. The summed E-state index contributed by atoms with van der Waals surface area (Å²) in [5.41, 5.74) is -0.0852. The molecule has 0 aliphatic heterocycles. The average Bonchev–Trinajstić information content (AvgIpc) is 2.81. The van der Waals surface area contributed by atoms with Crippen LogP contribution in [0.1, 0.15) is 6.92 Å². The molecule has 9 nitrogen and oxygen atoms in total. The van der Waals surface area contributed by atoms with Crippen LogP contribution < -0.4 is 14.8 Å². The number of amides is 1. The molecule has 3 N–H and O–H groups in total. The number of nitrogens with one attached hydrogen (secondary N) is 2. The molecule has 0 heterocycles. The topological polar surface area (TPSA) is 131 Å². The fraction of sp³-hybridized carbons (Fsp3) is 0.217. The Morgan fingerprint density at radius 1 is 1.00 bits per heavy atom. The molecule has 0 fully saturated rings. The molecule has 0 saturated heterocycles. The second kappa shape index (κ2) is 11.2. The molecule has 2 atom stereocenters. The van der Waals surface area contributed by atoms with Crippen LogP contribution in [0.25, 0.3) is 10.8 Å². The third-order valence-corrected chi connectivity index (χ3v) is 6.21. The van der Waals surface area contributed by atoms with E-state index in [1.54, 1.807) is 30.3 Å². The molecular weight excluding hydrogens is 486 g/mol. The van der Waals surface area contributed by atoms with E-state index >= 15 is 0 Å². The van der Waals surface area contributed by atoms with E-state index in [1.165, 1.54) is 43.3 Å². The normalized spacial score (nSPS) is 13.3. The summed E-state index contributed by atoms with van der Waals surface area (Å²) >= 11 is 0. The number of fused-ring (bicyclic) bond motifs is 1. The first-order valence-electron chi connectivity index (χ1n) is 10.3. The van der Waals surface area contributed by atoms with Crippen LogP contribution in [0.5, 0.6) is 5.75 Å². The maximum absolute atomic E-state index is 12.8. The summed E-state index contributed by atoms with van der Waals surface area (Å²) in [7, 11) is -4.24. The lowest BCUT2D eigenvalue weighted by Gasteiger charge is -2.20. The van der Waals surface area contributed by atoms with Crippen molar-refractivity contribution in [3.8, 4) is 5.75 Å². The minimum atomic E-state index is -4.24. The van der Waals surface area contributed by atoms with E-state index in [4.69, 9.17) is 4.74 Å². The van der Waals surface area contributed by atoms with E-state index < -0.39 is 47.3 Å². The fourth-order valence-electron chi connectivity index (χ4n) is 3.09. The first kappa shape index (κ1) is 26.0. The molecule has 3 aromatic rings. The summed E-state index contributed by atoms with van der Waals surface area (Å²) in [6, 6.07) is 15.1. The SMILES string of the molecule is C[C@H](O)[C@H](NS(=O)(=O)c1ccc2ccccc2c1)C(=O)OCC(=O)Nc1ccccc1OC(F)F. The Balaban J connectivity index is 1.66. The monoisotopic (exact) mass is 508 g/mol. The lowest BCUT2D eigenvalue weighted by Crippen LogP contribution is -2.48. The number of benzene rings is 3. The second-order valence-electron chi connectivity index (χ2n) is 7.38. The van der Waals surface area contributed by atoms with Gasteiger partial charge in [0.05, 0.1) is 16.7 Å². The number of halogens is 2. The van der Waals surface area contributed by atoms with Gasteiger partial charge in [-0.15, -0.1) is 0 Å². The minimum absolute atomic E-state index is 0.0852. The van der Waals surface area contributed by atoms with Crippen molar-refractivity contribution in [3.63, 3.8) is 0 Å². The van der Waals surface area contributed by atoms with Crippen molar-refractivity contribution < 1.29 is 41.4 Å². The van der Waals surface area contributed by atoms with Gasteiger partial charge in [-0.1, -0.05) is 42.5 Å². The van der Waals surface area contributed by atoms with Crippen LogP contribution in [0.4, 0.5) is 14.5 Å². The fourth-order valence-corrected chi connectivity index (χ4v) is 4.39. The van der Waals surface area contributed by atoms with Crippen molar-refractivity contribution in [1.29, 1.82) is 0 Å². The third kappa shape index (κ3) is 6.94. The summed E-state index contributed by atoms with van der Waals surface area (Å²) in [4.78, 5) is 24.5. The summed E-state index contributed by atoms with van der Waals surface area (Å²) in [5.74, 6) is -2.41. The van der Waals surface area contributed by atoms with E-state index in [9.17, 15) is 31.9 Å². The summed E-state index contributed by atoms with van der Waals surface area (Å²) in [5, 5.41) is 13.7. The summed E-state index contributed by atoms with van der Waals surface area (Å²) < 4.78 is 61.9. The Morgan fingerprint density at radius 2 is 1.66 bits per heavy atom. The molecule has 12 heteroatoms. The van der Waals surface area contributed by atoms with Gasteiger partial charge in [-0.2, -0.15) is 13.5 Å².